The first kappa shape index (κ1) is 22.2. The number of carbonyl (C=O) groups excluding carboxylic acids is 3. The number of para-hydroxylation sites is 2. The number of nitro groups is 1. The second kappa shape index (κ2) is 9.43. The minimum atomic E-state index is -4.76. The molecule has 1 atom stereocenters. The molecule has 1 saturated heterocycles. The number of imide groups is 1. The highest BCUT2D eigenvalue weighted by Gasteiger charge is 2.48. The summed E-state index contributed by atoms with van der Waals surface area (Å²) in [6, 6.07) is 6.19. The van der Waals surface area contributed by atoms with Gasteiger partial charge in [0.2, 0.25) is 0 Å². The van der Waals surface area contributed by atoms with Crippen LogP contribution < -0.4 is 5.32 Å². The average molecular weight is 429 g/mol. The second-order valence-electron chi connectivity index (χ2n) is 6.21. The maximum atomic E-state index is 11.8. The Morgan fingerprint density at radius 1 is 1.28 bits per heavy atom. The average Bonchev–Trinajstić information content (AvgIpc) is 2.93. The molecule has 2 amide bonds. The molecule has 0 unspecified atom stereocenters. The largest absolute Gasteiger partial charge is 0.379 e. The fourth-order valence-corrected chi connectivity index (χ4v) is 3.34. The summed E-state index contributed by atoms with van der Waals surface area (Å²) in [5.41, 5.74) is 0.343. The number of nitrogens with zero attached hydrogens (tertiary/aromatic N) is 2. The zero-order valence-corrected chi connectivity index (χ0v) is 16.0. The molecule has 12 nitrogen and oxygen atoms in total. The lowest BCUT2D eigenvalue weighted by atomic mass is 10.2. The van der Waals surface area contributed by atoms with E-state index in [1.165, 1.54) is 6.07 Å². The van der Waals surface area contributed by atoms with E-state index in [2.05, 4.69) is 10.2 Å². The highest BCUT2D eigenvalue weighted by molar-refractivity contribution is 7.87. The Balaban J connectivity index is 1.70. The van der Waals surface area contributed by atoms with Crippen molar-refractivity contribution in [1.29, 1.82) is 0 Å². The fraction of sp³-hybridized carbons (Fsp3) is 0.438. The number of unbranched alkanes of at least 4 members (excludes halogenated alkanes) is 2. The summed E-state index contributed by atoms with van der Waals surface area (Å²) in [4.78, 5) is 50.1. The number of nitro benzene ring substituents is 1. The summed E-state index contributed by atoms with van der Waals surface area (Å²) >= 11 is 0. The minimum absolute atomic E-state index is 0.0424. The number of amides is 2. The molecule has 29 heavy (non-hydrogen) atoms. The van der Waals surface area contributed by atoms with Gasteiger partial charge in [0.15, 0.2) is 5.25 Å². The van der Waals surface area contributed by atoms with E-state index < -0.39 is 44.5 Å². The zero-order valence-electron chi connectivity index (χ0n) is 15.1. The van der Waals surface area contributed by atoms with Crippen LogP contribution in [0.2, 0.25) is 0 Å². The molecule has 1 aliphatic rings. The van der Waals surface area contributed by atoms with Gasteiger partial charge in [-0.25, -0.2) is 4.79 Å². The van der Waals surface area contributed by atoms with Crippen LogP contribution in [0.4, 0.5) is 11.4 Å². The van der Waals surface area contributed by atoms with E-state index in [0.717, 1.165) is 0 Å². The third-order valence-electron chi connectivity index (χ3n) is 4.09. The normalized spacial score (nSPS) is 16.7. The van der Waals surface area contributed by atoms with E-state index in [9.17, 15) is 32.9 Å². The molecule has 0 spiro atoms. The molecule has 158 valence electrons. The van der Waals surface area contributed by atoms with Crippen LogP contribution in [0.1, 0.15) is 32.1 Å². The van der Waals surface area contributed by atoms with Crippen molar-refractivity contribution in [3.05, 3.63) is 34.4 Å². The predicted octanol–water partition coefficient (Wildman–Crippen LogP) is 1.04. The van der Waals surface area contributed by atoms with E-state index in [4.69, 9.17) is 4.55 Å². The molecule has 1 heterocycles. The quantitative estimate of drug-likeness (QED) is 0.180. The summed E-state index contributed by atoms with van der Waals surface area (Å²) in [5, 5.41) is 12.0. The first-order valence-electron chi connectivity index (χ1n) is 8.62. The van der Waals surface area contributed by atoms with Crippen LogP contribution in [0.25, 0.3) is 0 Å². The molecule has 1 fully saturated rings. The lowest BCUT2D eigenvalue weighted by Gasteiger charge is -2.13. The molecule has 0 aliphatic carbocycles. The predicted molar refractivity (Wildman–Crippen MR) is 98.0 cm³/mol. The summed E-state index contributed by atoms with van der Waals surface area (Å²) in [6.07, 6.45) is 0.584. The number of hydroxylamine groups is 2. The number of anilines is 1. The zero-order chi connectivity index (χ0) is 21.6. The SMILES string of the molecule is O=C(CCCCCNc1ccccc1[N+](=O)[O-])ON1C(=O)C[C@H](S(=O)(=O)O)C1=O. The highest BCUT2D eigenvalue weighted by Crippen LogP contribution is 2.23. The molecule has 2 rings (SSSR count). The standard InChI is InChI=1S/C16H19N3O9S/c20-14-10-13(29(25,26)27)16(22)18(14)28-15(21)8-2-1-5-9-17-11-6-3-4-7-12(11)19(23)24/h3-4,6-7,13,17H,1-2,5,8-10H2,(H,25,26,27)/t13-/m0/s1. The fourth-order valence-electron chi connectivity index (χ4n) is 2.64. The summed E-state index contributed by atoms with van der Waals surface area (Å²) in [6.45, 7) is 0.430. The smallest absolute Gasteiger partial charge is 0.333 e. The lowest BCUT2D eigenvalue weighted by Crippen LogP contribution is -2.36. The maximum Gasteiger partial charge on any atom is 0.333 e. The van der Waals surface area contributed by atoms with Crippen LogP contribution in [0.5, 0.6) is 0 Å². The van der Waals surface area contributed by atoms with Gasteiger partial charge in [-0.05, 0) is 18.9 Å². The first-order chi connectivity index (χ1) is 13.6. The van der Waals surface area contributed by atoms with Crippen LogP contribution >= 0.6 is 0 Å². The van der Waals surface area contributed by atoms with Crippen molar-refractivity contribution in [2.75, 3.05) is 11.9 Å². The number of hydrogen-bond acceptors (Lipinski definition) is 9. The van der Waals surface area contributed by atoms with Crippen molar-refractivity contribution in [2.24, 2.45) is 0 Å². The van der Waals surface area contributed by atoms with Gasteiger partial charge in [-0.15, -0.1) is 5.06 Å². The third-order valence-corrected chi connectivity index (χ3v) is 5.18. The van der Waals surface area contributed by atoms with Crippen molar-refractivity contribution < 1.29 is 37.1 Å². The van der Waals surface area contributed by atoms with E-state index in [1.54, 1.807) is 18.2 Å². The van der Waals surface area contributed by atoms with Gasteiger partial charge in [-0.3, -0.25) is 24.3 Å². The third kappa shape index (κ3) is 5.96. The molecule has 0 radical (unpaired) electrons. The van der Waals surface area contributed by atoms with E-state index >= 15 is 0 Å². The first-order valence-corrected chi connectivity index (χ1v) is 10.1. The molecule has 13 heteroatoms. The van der Waals surface area contributed by atoms with Crippen molar-refractivity contribution in [3.63, 3.8) is 0 Å². The number of carbonyl (C=O) groups is 3. The molecule has 1 aromatic rings. The molecular formula is C16H19N3O9S. The Hall–Kier alpha value is -3.06. The van der Waals surface area contributed by atoms with Gasteiger partial charge in [0.1, 0.15) is 5.69 Å². The highest BCUT2D eigenvalue weighted by atomic mass is 32.2. The number of rotatable bonds is 10. The number of nitrogens with one attached hydrogen (secondary N) is 1. The Labute approximate surface area is 165 Å². The van der Waals surface area contributed by atoms with Gasteiger partial charge in [-0.2, -0.15) is 8.42 Å². The molecule has 2 N–H and O–H groups in total. The van der Waals surface area contributed by atoms with Crippen molar-refractivity contribution in [1.82, 2.24) is 5.06 Å². The van der Waals surface area contributed by atoms with E-state index in [-0.39, 0.29) is 17.2 Å². The van der Waals surface area contributed by atoms with Gasteiger partial charge in [0, 0.05) is 19.0 Å². The van der Waals surface area contributed by atoms with Crippen molar-refractivity contribution in [2.45, 2.75) is 37.4 Å². The molecule has 1 aliphatic heterocycles. The van der Waals surface area contributed by atoms with Crippen LogP contribution in [0.3, 0.4) is 0 Å². The van der Waals surface area contributed by atoms with E-state index in [0.29, 0.717) is 31.5 Å². The topological polar surface area (TPSA) is 173 Å². The summed E-state index contributed by atoms with van der Waals surface area (Å²) < 4.78 is 31.0. The lowest BCUT2D eigenvalue weighted by molar-refractivity contribution is -0.384. The van der Waals surface area contributed by atoms with Gasteiger partial charge in [-0.1, -0.05) is 18.6 Å². The van der Waals surface area contributed by atoms with Crippen LogP contribution in [-0.4, -0.2) is 52.5 Å². The van der Waals surface area contributed by atoms with Crippen LogP contribution in [0.15, 0.2) is 24.3 Å². The molecule has 0 bridgehead atoms. The Bertz CT molecular complexity index is 916. The van der Waals surface area contributed by atoms with E-state index in [1.807, 2.05) is 0 Å². The van der Waals surface area contributed by atoms with Gasteiger partial charge >= 0.3 is 5.97 Å². The summed E-state index contributed by atoms with van der Waals surface area (Å²) in [7, 11) is -4.76. The minimum Gasteiger partial charge on any atom is -0.379 e. The molecular weight excluding hydrogens is 410 g/mol. The number of hydrogen-bond donors (Lipinski definition) is 2. The van der Waals surface area contributed by atoms with Crippen LogP contribution in [0, 0.1) is 10.1 Å². The van der Waals surface area contributed by atoms with Gasteiger partial charge < -0.3 is 10.2 Å². The number of benzene rings is 1. The van der Waals surface area contributed by atoms with Crippen molar-refractivity contribution in [3.8, 4) is 0 Å². The van der Waals surface area contributed by atoms with Crippen LogP contribution in [-0.2, 0) is 29.3 Å². The molecule has 0 aromatic heterocycles. The Morgan fingerprint density at radius 2 is 1.97 bits per heavy atom. The van der Waals surface area contributed by atoms with Crippen molar-refractivity contribution >= 4 is 39.3 Å². The summed E-state index contributed by atoms with van der Waals surface area (Å²) in [5.74, 6) is -3.23. The Morgan fingerprint density at radius 3 is 2.59 bits per heavy atom. The van der Waals surface area contributed by atoms with Gasteiger partial charge in [0.25, 0.3) is 27.6 Å². The second-order valence-corrected chi connectivity index (χ2v) is 7.81. The maximum absolute atomic E-state index is 11.8. The molecule has 0 saturated carbocycles. The monoisotopic (exact) mass is 429 g/mol. The van der Waals surface area contributed by atoms with Gasteiger partial charge in [0.05, 0.1) is 11.3 Å². The molecule has 1 aromatic carbocycles. The Kier molecular flexibility index (Phi) is 7.23.